The van der Waals surface area contributed by atoms with Crippen molar-refractivity contribution in [3.05, 3.63) is 63.8 Å². The summed E-state index contributed by atoms with van der Waals surface area (Å²) >= 11 is 0. The molecule has 2 aromatic rings. The number of nitrogens with zero attached hydrogens (tertiary/aromatic N) is 3. The molecule has 1 aromatic heterocycles. The summed E-state index contributed by atoms with van der Waals surface area (Å²) in [4.78, 5) is 43.7. The van der Waals surface area contributed by atoms with Crippen LogP contribution in [0.25, 0.3) is 0 Å². The van der Waals surface area contributed by atoms with Gasteiger partial charge in [-0.05, 0) is 32.3 Å². The molecule has 1 aromatic carbocycles. The molecule has 158 valence electrons. The number of rotatable bonds is 4. The van der Waals surface area contributed by atoms with Crippen LogP contribution in [-0.2, 0) is 18.5 Å². The van der Waals surface area contributed by atoms with E-state index < -0.39 is 11.5 Å². The molecule has 0 bridgehead atoms. The zero-order valence-corrected chi connectivity index (χ0v) is 17.4. The fourth-order valence-corrected chi connectivity index (χ4v) is 4.33. The average molecular weight is 409 g/mol. The van der Waals surface area contributed by atoms with Gasteiger partial charge in [0.05, 0.1) is 0 Å². The van der Waals surface area contributed by atoms with Crippen molar-refractivity contribution in [1.29, 1.82) is 0 Å². The maximum absolute atomic E-state index is 12.7. The first-order valence-corrected chi connectivity index (χ1v) is 10.4. The average Bonchev–Trinajstić information content (AvgIpc) is 3.31. The number of fused-ring (bicyclic) bond motifs is 2. The van der Waals surface area contributed by atoms with E-state index in [1.165, 1.54) is 0 Å². The predicted molar refractivity (Wildman–Crippen MR) is 112 cm³/mol. The normalized spacial score (nSPS) is 19.9. The van der Waals surface area contributed by atoms with Crippen LogP contribution >= 0.6 is 0 Å². The molecule has 1 spiro atoms. The predicted octanol–water partition coefficient (Wildman–Crippen LogP) is 1.64. The van der Waals surface area contributed by atoms with Crippen molar-refractivity contribution in [3.8, 4) is 0 Å². The quantitative estimate of drug-likeness (QED) is 0.802. The summed E-state index contributed by atoms with van der Waals surface area (Å²) in [5, 5.41) is 5.72. The van der Waals surface area contributed by atoms with Crippen molar-refractivity contribution in [2.75, 3.05) is 13.1 Å². The lowest BCUT2D eigenvalue weighted by atomic mass is 9.85. The second-order valence-corrected chi connectivity index (χ2v) is 8.45. The van der Waals surface area contributed by atoms with Crippen LogP contribution in [0.1, 0.15) is 48.4 Å². The smallest absolute Gasteiger partial charge is 0.317 e. The molecule has 1 saturated heterocycles. The lowest BCUT2D eigenvalue weighted by Gasteiger charge is -2.24. The number of benzene rings is 1. The summed E-state index contributed by atoms with van der Waals surface area (Å²) < 4.78 is 1.91. The summed E-state index contributed by atoms with van der Waals surface area (Å²) in [5.41, 5.74) is 0.189. The van der Waals surface area contributed by atoms with Crippen LogP contribution < -0.4 is 16.2 Å². The second-order valence-electron chi connectivity index (χ2n) is 8.45. The van der Waals surface area contributed by atoms with Gasteiger partial charge in [-0.3, -0.25) is 9.59 Å². The number of carbonyl (C=O) groups is 2. The van der Waals surface area contributed by atoms with E-state index in [1.807, 2.05) is 48.7 Å². The van der Waals surface area contributed by atoms with Gasteiger partial charge in [-0.25, -0.2) is 4.79 Å². The number of amides is 3. The van der Waals surface area contributed by atoms with Crippen LogP contribution in [0.3, 0.4) is 0 Å². The molecule has 1 fully saturated rings. The third-order valence-corrected chi connectivity index (χ3v) is 5.89. The fourth-order valence-electron chi connectivity index (χ4n) is 4.33. The minimum atomic E-state index is -0.516. The number of likely N-dealkylation sites (tertiary alicyclic amines) is 1. The van der Waals surface area contributed by atoms with E-state index in [2.05, 4.69) is 15.6 Å². The van der Waals surface area contributed by atoms with E-state index in [0.717, 1.165) is 18.4 Å². The Hall–Kier alpha value is -3.16. The van der Waals surface area contributed by atoms with Crippen LogP contribution in [0, 0.1) is 0 Å². The number of aryl methyl sites for hydroxylation is 1. The van der Waals surface area contributed by atoms with Crippen LogP contribution in [0.2, 0.25) is 0 Å². The lowest BCUT2D eigenvalue weighted by molar-refractivity contribution is 0.0948. The molecule has 1 unspecified atom stereocenters. The molecule has 30 heavy (non-hydrogen) atoms. The van der Waals surface area contributed by atoms with Crippen molar-refractivity contribution in [1.82, 2.24) is 25.1 Å². The Kier molecular flexibility index (Phi) is 5.32. The van der Waals surface area contributed by atoms with E-state index in [1.54, 1.807) is 11.1 Å². The van der Waals surface area contributed by atoms with Gasteiger partial charge in [0.25, 0.3) is 11.5 Å². The minimum Gasteiger partial charge on any atom is -0.348 e. The van der Waals surface area contributed by atoms with Gasteiger partial charge in [-0.2, -0.15) is 4.98 Å². The molecule has 2 aliphatic rings. The van der Waals surface area contributed by atoms with Gasteiger partial charge in [0.1, 0.15) is 11.4 Å². The summed E-state index contributed by atoms with van der Waals surface area (Å²) in [6.45, 7) is 6.07. The molecular weight excluding hydrogens is 382 g/mol. The minimum absolute atomic E-state index is 0.0548. The number of urea groups is 1. The van der Waals surface area contributed by atoms with Gasteiger partial charge in [0, 0.05) is 43.8 Å². The van der Waals surface area contributed by atoms with Crippen LogP contribution in [0.4, 0.5) is 4.79 Å². The lowest BCUT2D eigenvalue weighted by Crippen LogP contribution is -2.43. The Balaban J connectivity index is 1.50. The van der Waals surface area contributed by atoms with E-state index in [-0.39, 0.29) is 23.1 Å². The SMILES string of the molecule is CC(C)NC(=O)N1CCC2(CCn3cc(C(=O)NCc4ccccc4)c(=O)nc32)C1. The van der Waals surface area contributed by atoms with E-state index >= 15 is 0 Å². The molecule has 3 amide bonds. The molecule has 1 atom stereocenters. The third-order valence-electron chi connectivity index (χ3n) is 5.89. The molecule has 8 nitrogen and oxygen atoms in total. The third kappa shape index (κ3) is 3.81. The van der Waals surface area contributed by atoms with Gasteiger partial charge in [0.15, 0.2) is 0 Å². The number of hydrogen-bond acceptors (Lipinski definition) is 4. The van der Waals surface area contributed by atoms with Crippen LogP contribution in [0.15, 0.2) is 41.3 Å². The van der Waals surface area contributed by atoms with E-state index in [0.29, 0.717) is 32.0 Å². The highest BCUT2D eigenvalue weighted by Gasteiger charge is 2.47. The second kappa shape index (κ2) is 7.93. The summed E-state index contributed by atoms with van der Waals surface area (Å²) in [7, 11) is 0. The highest BCUT2D eigenvalue weighted by atomic mass is 16.2. The monoisotopic (exact) mass is 409 g/mol. The number of carbonyl (C=O) groups excluding carboxylic acids is 2. The van der Waals surface area contributed by atoms with Gasteiger partial charge < -0.3 is 20.1 Å². The van der Waals surface area contributed by atoms with Crippen LogP contribution in [-0.4, -0.2) is 45.5 Å². The molecule has 2 aliphatic heterocycles. The molecule has 4 rings (SSSR count). The maximum atomic E-state index is 12.7. The summed E-state index contributed by atoms with van der Waals surface area (Å²) in [6, 6.07) is 9.53. The standard InChI is InChI=1S/C22H27N5O3/c1-15(2)24-21(30)27-11-9-22(14-27)8-10-26-13-17(19(29)25-20(22)26)18(28)23-12-16-6-4-3-5-7-16/h3-7,13,15H,8-12,14H2,1-2H3,(H,23,28)(H,24,30). The molecule has 3 heterocycles. The largest absolute Gasteiger partial charge is 0.348 e. The highest BCUT2D eigenvalue weighted by Crippen LogP contribution is 2.41. The number of hydrogen-bond donors (Lipinski definition) is 2. The molecule has 0 saturated carbocycles. The van der Waals surface area contributed by atoms with Gasteiger partial charge >= 0.3 is 6.03 Å². The molecule has 0 aliphatic carbocycles. The molecule has 8 heteroatoms. The Morgan fingerprint density at radius 2 is 1.90 bits per heavy atom. The van der Waals surface area contributed by atoms with E-state index in [9.17, 15) is 14.4 Å². The fraction of sp³-hybridized carbons (Fsp3) is 0.455. The van der Waals surface area contributed by atoms with Crippen molar-refractivity contribution < 1.29 is 9.59 Å². The van der Waals surface area contributed by atoms with Gasteiger partial charge in [-0.15, -0.1) is 0 Å². The van der Waals surface area contributed by atoms with Gasteiger partial charge in [-0.1, -0.05) is 30.3 Å². The summed E-state index contributed by atoms with van der Waals surface area (Å²) in [6.07, 6.45) is 3.20. The van der Waals surface area contributed by atoms with Gasteiger partial charge in [0.2, 0.25) is 0 Å². The number of nitrogens with one attached hydrogen (secondary N) is 2. The first-order valence-electron chi connectivity index (χ1n) is 10.4. The Labute approximate surface area is 175 Å². The zero-order valence-electron chi connectivity index (χ0n) is 17.4. The molecular formula is C22H27N5O3. The Bertz CT molecular complexity index is 1020. The topological polar surface area (TPSA) is 96.3 Å². The molecule has 0 radical (unpaired) electrons. The Morgan fingerprint density at radius 3 is 2.63 bits per heavy atom. The zero-order chi connectivity index (χ0) is 21.3. The van der Waals surface area contributed by atoms with Crippen molar-refractivity contribution in [2.24, 2.45) is 0 Å². The van der Waals surface area contributed by atoms with Crippen molar-refractivity contribution >= 4 is 11.9 Å². The van der Waals surface area contributed by atoms with Crippen molar-refractivity contribution in [2.45, 2.75) is 51.2 Å². The highest BCUT2D eigenvalue weighted by molar-refractivity contribution is 5.93. The maximum Gasteiger partial charge on any atom is 0.317 e. The van der Waals surface area contributed by atoms with Crippen molar-refractivity contribution in [3.63, 3.8) is 0 Å². The van der Waals surface area contributed by atoms with Crippen LogP contribution in [0.5, 0.6) is 0 Å². The summed E-state index contributed by atoms with van der Waals surface area (Å²) in [5.74, 6) is 0.268. The van der Waals surface area contributed by atoms with E-state index in [4.69, 9.17) is 0 Å². The first kappa shape index (κ1) is 20.1. The first-order chi connectivity index (χ1) is 14.4. The molecule has 2 N–H and O–H groups in total. The Morgan fingerprint density at radius 1 is 1.17 bits per heavy atom. The number of aromatic nitrogens is 2.